The summed E-state index contributed by atoms with van der Waals surface area (Å²) in [5, 5.41) is 1.23. The molecule has 0 bridgehead atoms. The van der Waals surface area contributed by atoms with Gasteiger partial charge in [-0.15, -0.1) is 0 Å². The van der Waals surface area contributed by atoms with Crippen LogP contribution in [0.5, 0.6) is 0 Å². The number of rotatable bonds is 4. The highest BCUT2D eigenvalue weighted by Crippen LogP contribution is 2.23. The first-order valence-corrected chi connectivity index (χ1v) is 6.65. The predicted octanol–water partition coefficient (Wildman–Crippen LogP) is 3.49. The van der Waals surface area contributed by atoms with E-state index in [1.54, 1.807) is 36.5 Å². The van der Waals surface area contributed by atoms with Crippen molar-refractivity contribution in [3.05, 3.63) is 53.4 Å². The minimum atomic E-state index is -0.193. The predicted molar refractivity (Wildman–Crippen MR) is 73.1 cm³/mol. The summed E-state index contributed by atoms with van der Waals surface area (Å²) in [6, 6.07) is 8.70. The Balaban J connectivity index is 2.07. The zero-order valence-corrected chi connectivity index (χ0v) is 11.3. The van der Waals surface area contributed by atoms with Gasteiger partial charge in [0.2, 0.25) is 0 Å². The standard InChI is InChI=1S/C13H11ClN2OS/c1-9(18-12-6-7-15-8-16-12)13(17)10-2-4-11(14)5-3-10/h2-9H,1H3. The van der Waals surface area contributed by atoms with Gasteiger partial charge in [0.25, 0.3) is 0 Å². The van der Waals surface area contributed by atoms with Crippen molar-refractivity contribution < 1.29 is 4.79 Å². The number of halogens is 1. The zero-order valence-electron chi connectivity index (χ0n) is 9.71. The summed E-state index contributed by atoms with van der Waals surface area (Å²) in [5.74, 6) is 0.0651. The Kier molecular flexibility index (Phi) is 4.33. The first-order chi connectivity index (χ1) is 8.66. The van der Waals surface area contributed by atoms with E-state index in [9.17, 15) is 4.79 Å². The van der Waals surface area contributed by atoms with Crippen LogP contribution in [0.25, 0.3) is 0 Å². The summed E-state index contributed by atoms with van der Waals surface area (Å²) in [4.78, 5) is 20.1. The number of carbonyl (C=O) groups is 1. The highest BCUT2D eigenvalue weighted by molar-refractivity contribution is 8.00. The lowest BCUT2D eigenvalue weighted by atomic mass is 10.1. The number of hydrogen-bond acceptors (Lipinski definition) is 4. The smallest absolute Gasteiger partial charge is 0.175 e. The van der Waals surface area contributed by atoms with E-state index >= 15 is 0 Å². The Bertz CT molecular complexity index is 530. The first-order valence-electron chi connectivity index (χ1n) is 5.39. The molecule has 0 saturated heterocycles. The molecule has 0 amide bonds. The minimum absolute atomic E-state index is 0.0651. The first kappa shape index (κ1) is 13.1. The summed E-state index contributed by atoms with van der Waals surface area (Å²) >= 11 is 7.21. The fourth-order valence-electron chi connectivity index (χ4n) is 1.43. The average Bonchev–Trinajstić information content (AvgIpc) is 2.40. The van der Waals surface area contributed by atoms with E-state index in [0.29, 0.717) is 10.6 Å². The van der Waals surface area contributed by atoms with Gasteiger partial charge >= 0.3 is 0 Å². The molecule has 0 fully saturated rings. The number of carbonyl (C=O) groups excluding carboxylic acids is 1. The number of hydrogen-bond donors (Lipinski definition) is 0. The van der Waals surface area contributed by atoms with Crippen molar-refractivity contribution >= 4 is 29.1 Å². The molecule has 0 N–H and O–H groups in total. The number of thioether (sulfide) groups is 1. The third kappa shape index (κ3) is 3.31. The van der Waals surface area contributed by atoms with Gasteiger partial charge in [0.1, 0.15) is 11.4 Å². The van der Waals surface area contributed by atoms with Gasteiger partial charge in [-0.2, -0.15) is 0 Å². The molecule has 1 unspecified atom stereocenters. The van der Waals surface area contributed by atoms with Crippen LogP contribution in [0.2, 0.25) is 5.02 Å². The van der Waals surface area contributed by atoms with Gasteiger partial charge in [0.15, 0.2) is 5.78 Å². The van der Waals surface area contributed by atoms with Crippen LogP contribution in [0.15, 0.2) is 47.9 Å². The van der Waals surface area contributed by atoms with Crippen LogP contribution in [0, 0.1) is 0 Å². The van der Waals surface area contributed by atoms with Crippen LogP contribution in [0.3, 0.4) is 0 Å². The van der Waals surface area contributed by atoms with E-state index in [1.807, 2.05) is 6.92 Å². The van der Waals surface area contributed by atoms with Gasteiger partial charge in [0, 0.05) is 16.8 Å². The molecule has 0 radical (unpaired) electrons. The fourth-order valence-corrected chi connectivity index (χ4v) is 2.41. The molecule has 2 aromatic rings. The molecule has 0 aliphatic heterocycles. The Labute approximate surface area is 115 Å². The van der Waals surface area contributed by atoms with Gasteiger partial charge < -0.3 is 0 Å². The van der Waals surface area contributed by atoms with Crippen LogP contribution in [-0.2, 0) is 0 Å². The molecule has 3 nitrogen and oxygen atoms in total. The molecular formula is C13H11ClN2OS. The van der Waals surface area contributed by atoms with Crippen LogP contribution in [0.4, 0.5) is 0 Å². The third-order valence-electron chi connectivity index (χ3n) is 2.35. The Morgan fingerprint density at radius 1 is 1.28 bits per heavy atom. The Hall–Kier alpha value is -1.39. The highest BCUT2D eigenvalue weighted by Gasteiger charge is 2.16. The third-order valence-corrected chi connectivity index (χ3v) is 3.65. The molecule has 2 rings (SSSR count). The molecule has 1 aromatic carbocycles. The maximum absolute atomic E-state index is 12.2. The molecular weight excluding hydrogens is 268 g/mol. The summed E-state index contributed by atoms with van der Waals surface area (Å²) in [7, 11) is 0. The maximum Gasteiger partial charge on any atom is 0.175 e. The maximum atomic E-state index is 12.2. The van der Waals surface area contributed by atoms with Crippen molar-refractivity contribution in [3.8, 4) is 0 Å². The molecule has 18 heavy (non-hydrogen) atoms. The number of benzene rings is 1. The summed E-state index contributed by atoms with van der Waals surface area (Å²) in [6.45, 7) is 1.86. The van der Waals surface area contributed by atoms with E-state index in [2.05, 4.69) is 9.97 Å². The van der Waals surface area contributed by atoms with Crippen molar-refractivity contribution in [3.63, 3.8) is 0 Å². The minimum Gasteiger partial charge on any atom is -0.293 e. The van der Waals surface area contributed by atoms with Gasteiger partial charge in [-0.1, -0.05) is 23.4 Å². The van der Waals surface area contributed by atoms with Gasteiger partial charge in [0.05, 0.1) is 5.25 Å². The number of nitrogens with zero attached hydrogens (tertiary/aromatic N) is 2. The number of Topliss-reactive ketones (excluding diaryl/α,β-unsaturated/α-hetero) is 1. The van der Waals surface area contributed by atoms with Crippen LogP contribution >= 0.6 is 23.4 Å². The molecule has 5 heteroatoms. The second kappa shape index (κ2) is 5.98. The van der Waals surface area contributed by atoms with E-state index in [0.717, 1.165) is 5.03 Å². The van der Waals surface area contributed by atoms with E-state index in [-0.39, 0.29) is 11.0 Å². The zero-order chi connectivity index (χ0) is 13.0. The largest absolute Gasteiger partial charge is 0.293 e. The summed E-state index contributed by atoms with van der Waals surface area (Å²) < 4.78 is 0. The van der Waals surface area contributed by atoms with E-state index in [1.165, 1.54) is 18.1 Å². The lowest BCUT2D eigenvalue weighted by Gasteiger charge is -2.09. The summed E-state index contributed by atoms with van der Waals surface area (Å²) in [5.41, 5.74) is 0.661. The van der Waals surface area contributed by atoms with Crippen LogP contribution in [-0.4, -0.2) is 21.0 Å². The van der Waals surface area contributed by atoms with Crippen molar-refractivity contribution in [2.24, 2.45) is 0 Å². The summed E-state index contributed by atoms with van der Waals surface area (Å²) in [6.07, 6.45) is 3.14. The van der Waals surface area contributed by atoms with E-state index < -0.39 is 0 Å². The topological polar surface area (TPSA) is 42.9 Å². The lowest BCUT2D eigenvalue weighted by Crippen LogP contribution is -2.13. The quantitative estimate of drug-likeness (QED) is 0.488. The van der Waals surface area contributed by atoms with Gasteiger partial charge in [-0.3, -0.25) is 4.79 Å². The molecule has 0 spiro atoms. The normalized spacial score (nSPS) is 12.1. The Morgan fingerprint density at radius 3 is 2.61 bits per heavy atom. The second-order valence-corrected chi connectivity index (χ2v) is 5.48. The molecule has 1 atom stereocenters. The van der Waals surface area contributed by atoms with Gasteiger partial charge in [-0.25, -0.2) is 9.97 Å². The van der Waals surface area contributed by atoms with Crippen LogP contribution in [0.1, 0.15) is 17.3 Å². The molecule has 0 aliphatic rings. The average molecular weight is 279 g/mol. The highest BCUT2D eigenvalue weighted by atomic mass is 35.5. The molecule has 0 aliphatic carbocycles. The molecule has 1 heterocycles. The van der Waals surface area contributed by atoms with Crippen molar-refractivity contribution in [1.29, 1.82) is 0 Å². The fraction of sp³-hybridized carbons (Fsp3) is 0.154. The molecule has 1 aromatic heterocycles. The van der Waals surface area contributed by atoms with E-state index in [4.69, 9.17) is 11.6 Å². The van der Waals surface area contributed by atoms with Crippen LogP contribution < -0.4 is 0 Å². The van der Waals surface area contributed by atoms with Crippen molar-refractivity contribution in [2.75, 3.05) is 0 Å². The lowest BCUT2D eigenvalue weighted by molar-refractivity contribution is 0.0994. The monoisotopic (exact) mass is 278 g/mol. The van der Waals surface area contributed by atoms with Crippen molar-refractivity contribution in [1.82, 2.24) is 9.97 Å². The molecule has 92 valence electrons. The number of aromatic nitrogens is 2. The van der Waals surface area contributed by atoms with Crippen molar-refractivity contribution in [2.45, 2.75) is 17.2 Å². The SMILES string of the molecule is CC(Sc1ccncn1)C(=O)c1ccc(Cl)cc1. The second-order valence-electron chi connectivity index (χ2n) is 3.68. The molecule has 0 saturated carbocycles. The number of ketones is 1. The van der Waals surface area contributed by atoms with Gasteiger partial charge in [-0.05, 0) is 37.3 Å². The Morgan fingerprint density at radius 2 is 2.00 bits per heavy atom.